The first kappa shape index (κ1) is 14.2. The van der Waals surface area contributed by atoms with Gasteiger partial charge in [-0.2, -0.15) is 0 Å². The van der Waals surface area contributed by atoms with Gasteiger partial charge < -0.3 is 10.4 Å². The van der Waals surface area contributed by atoms with Crippen molar-refractivity contribution in [2.75, 3.05) is 5.32 Å². The third-order valence-electron chi connectivity index (χ3n) is 2.30. The van der Waals surface area contributed by atoms with Gasteiger partial charge in [0, 0.05) is 5.02 Å². The highest BCUT2D eigenvalue weighted by molar-refractivity contribution is 6.31. The Hall–Kier alpha value is -2.18. The molecule has 0 saturated heterocycles. The van der Waals surface area contributed by atoms with E-state index in [2.05, 4.69) is 15.3 Å². The van der Waals surface area contributed by atoms with Crippen molar-refractivity contribution in [2.24, 2.45) is 0 Å². The molecule has 20 heavy (non-hydrogen) atoms. The number of hydrogen-bond acceptors (Lipinski definition) is 4. The molecule has 102 valence electrons. The first-order valence-corrected chi connectivity index (χ1v) is 6.04. The number of nitrogens with one attached hydrogen (secondary N) is 1. The highest BCUT2D eigenvalue weighted by Gasteiger charge is 2.15. The van der Waals surface area contributed by atoms with Gasteiger partial charge in [0.1, 0.15) is 10.8 Å². The summed E-state index contributed by atoms with van der Waals surface area (Å²) in [4.78, 5) is 30.5. The predicted octanol–water partition coefficient (Wildman–Crippen LogP) is 2.73. The van der Waals surface area contributed by atoms with E-state index < -0.39 is 11.9 Å². The molecule has 1 aromatic carbocycles. The maximum Gasteiger partial charge on any atom is 0.337 e. The quantitative estimate of drug-likeness (QED) is 0.909. The second-order valence-corrected chi connectivity index (χ2v) is 4.50. The summed E-state index contributed by atoms with van der Waals surface area (Å²) in [5.41, 5.74) is -0.0525. The molecule has 1 heterocycles. The Morgan fingerprint density at radius 3 is 2.60 bits per heavy atom. The van der Waals surface area contributed by atoms with Crippen molar-refractivity contribution in [3.63, 3.8) is 0 Å². The number of halogens is 2. The molecule has 6 nitrogen and oxygen atoms in total. The Morgan fingerprint density at radius 1 is 1.20 bits per heavy atom. The fraction of sp³-hybridized carbons (Fsp3) is 0. The maximum absolute atomic E-state index is 11.9. The Bertz CT molecular complexity index is 691. The highest BCUT2D eigenvalue weighted by Crippen LogP contribution is 2.21. The molecule has 1 amide bonds. The van der Waals surface area contributed by atoms with Crippen LogP contribution in [0.4, 0.5) is 5.69 Å². The van der Waals surface area contributed by atoms with Crippen molar-refractivity contribution in [2.45, 2.75) is 0 Å². The molecule has 2 aromatic rings. The highest BCUT2D eigenvalue weighted by atomic mass is 35.5. The lowest BCUT2D eigenvalue weighted by Gasteiger charge is -2.08. The molecular weight excluding hydrogens is 305 g/mol. The van der Waals surface area contributed by atoms with Crippen LogP contribution in [-0.2, 0) is 0 Å². The standard InChI is InChI=1S/C12H7Cl2N3O3/c13-6-1-2-7(12(19)20)8(3-6)17-11(18)9-4-15-5-10(14)16-9/h1-5H,(H,17,18)(H,19,20). The van der Waals surface area contributed by atoms with Gasteiger partial charge in [-0.3, -0.25) is 9.78 Å². The number of benzene rings is 1. The first-order chi connectivity index (χ1) is 9.47. The van der Waals surface area contributed by atoms with Gasteiger partial charge in [-0.05, 0) is 18.2 Å². The molecule has 0 atom stereocenters. The van der Waals surface area contributed by atoms with Crippen molar-refractivity contribution in [1.82, 2.24) is 9.97 Å². The number of aromatic nitrogens is 2. The molecule has 0 saturated carbocycles. The second-order valence-electron chi connectivity index (χ2n) is 3.68. The smallest absolute Gasteiger partial charge is 0.337 e. The molecule has 0 radical (unpaired) electrons. The van der Waals surface area contributed by atoms with Crippen LogP contribution in [0, 0.1) is 0 Å². The Kier molecular flexibility index (Phi) is 4.16. The van der Waals surface area contributed by atoms with Gasteiger partial charge in [-0.25, -0.2) is 9.78 Å². The lowest BCUT2D eigenvalue weighted by atomic mass is 10.1. The van der Waals surface area contributed by atoms with Crippen molar-refractivity contribution >= 4 is 40.8 Å². The predicted molar refractivity (Wildman–Crippen MR) is 73.4 cm³/mol. The Labute approximate surface area is 123 Å². The number of carbonyl (C=O) groups is 2. The molecular formula is C12H7Cl2N3O3. The van der Waals surface area contributed by atoms with E-state index in [1.807, 2.05) is 0 Å². The number of anilines is 1. The summed E-state index contributed by atoms with van der Waals surface area (Å²) < 4.78 is 0. The Balaban J connectivity index is 2.32. The number of carbonyl (C=O) groups excluding carboxylic acids is 1. The maximum atomic E-state index is 11.9. The van der Waals surface area contributed by atoms with Gasteiger partial charge in [-0.1, -0.05) is 23.2 Å². The van der Waals surface area contributed by atoms with Crippen LogP contribution in [0.5, 0.6) is 0 Å². The van der Waals surface area contributed by atoms with Crippen LogP contribution in [0.3, 0.4) is 0 Å². The third-order valence-corrected chi connectivity index (χ3v) is 2.72. The van der Waals surface area contributed by atoms with Crippen molar-refractivity contribution in [3.05, 3.63) is 52.0 Å². The zero-order valence-corrected chi connectivity index (χ0v) is 11.3. The Morgan fingerprint density at radius 2 is 1.95 bits per heavy atom. The molecule has 2 rings (SSSR count). The van der Waals surface area contributed by atoms with E-state index in [1.54, 1.807) is 0 Å². The van der Waals surface area contributed by atoms with Crippen molar-refractivity contribution in [3.8, 4) is 0 Å². The molecule has 0 aliphatic rings. The summed E-state index contributed by atoms with van der Waals surface area (Å²) in [7, 11) is 0. The molecule has 0 unspecified atom stereocenters. The fourth-order valence-corrected chi connectivity index (χ4v) is 1.76. The van der Waals surface area contributed by atoms with Crippen LogP contribution in [0.25, 0.3) is 0 Å². The van der Waals surface area contributed by atoms with Crippen molar-refractivity contribution < 1.29 is 14.7 Å². The fourth-order valence-electron chi connectivity index (χ4n) is 1.44. The third kappa shape index (κ3) is 3.23. The molecule has 2 N–H and O–H groups in total. The van der Waals surface area contributed by atoms with E-state index >= 15 is 0 Å². The first-order valence-electron chi connectivity index (χ1n) is 5.29. The van der Waals surface area contributed by atoms with Crippen LogP contribution in [0.1, 0.15) is 20.8 Å². The number of carboxylic acids is 1. The van der Waals surface area contributed by atoms with Gasteiger partial charge in [0.2, 0.25) is 0 Å². The SMILES string of the molecule is O=C(Nc1cc(Cl)ccc1C(=O)O)c1cncc(Cl)n1. The number of carboxylic acid groups (broad SMARTS) is 1. The van der Waals surface area contributed by atoms with Crippen LogP contribution >= 0.6 is 23.2 Å². The van der Waals surface area contributed by atoms with Crippen LogP contribution in [0.2, 0.25) is 10.2 Å². The summed E-state index contributed by atoms with van der Waals surface area (Å²) in [6, 6.07) is 4.05. The zero-order valence-electron chi connectivity index (χ0n) is 9.80. The van der Waals surface area contributed by atoms with Crippen LogP contribution < -0.4 is 5.32 Å². The summed E-state index contributed by atoms with van der Waals surface area (Å²) in [5.74, 6) is -1.82. The lowest BCUT2D eigenvalue weighted by molar-refractivity contribution is 0.0698. The number of rotatable bonds is 3. The van der Waals surface area contributed by atoms with Crippen LogP contribution in [0.15, 0.2) is 30.6 Å². The number of amides is 1. The van der Waals surface area contributed by atoms with E-state index in [-0.39, 0.29) is 22.1 Å². The molecule has 8 heteroatoms. The minimum absolute atomic E-state index is 0.0335. The molecule has 0 aliphatic heterocycles. The zero-order chi connectivity index (χ0) is 14.7. The monoisotopic (exact) mass is 311 g/mol. The van der Waals surface area contributed by atoms with Crippen LogP contribution in [-0.4, -0.2) is 27.0 Å². The van der Waals surface area contributed by atoms with Gasteiger partial charge >= 0.3 is 5.97 Å². The average molecular weight is 312 g/mol. The number of hydrogen-bond donors (Lipinski definition) is 2. The summed E-state index contributed by atoms with van der Waals surface area (Å²) in [6.45, 7) is 0. The van der Waals surface area contributed by atoms with E-state index in [9.17, 15) is 9.59 Å². The average Bonchev–Trinajstić information content (AvgIpc) is 2.38. The van der Waals surface area contributed by atoms with Gasteiger partial charge in [0.15, 0.2) is 0 Å². The summed E-state index contributed by atoms with van der Waals surface area (Å²) >= 11 is 11.4. The van der Waals surface area contributed by atoms with E-state index in [0.29, 0.717) is 5.02 Å². The summed E-state index contributed by atoms with van der Waals surface area (Å²) in [5, 5.41) is 11.8. The molecule has 0 spiro atoms. The van der Waals surface area contributed by atoms with E-state index in [1.165, 1.54) is 30.6 Å². The molecule has 0 aliphatic carbocycles. The second kappa shape index (κ2) is 5.85. The lowest BCUT2D eigenvalue weighted by Crippen LogP contribution is -2.16. The topological polar surface area (TPSA) is 92.2 Å². The number of nitrogens with zero attached hydrogens (tertiary/aromatic N) is 2. The van der Waals surface area contributed by atoms with E-state index in [4.69, 9.17) is 28.3 Å². The molecule has 1 aromatic heterocycles. The minimum atomic E-state index is -1.19. The summed E-state index contributed by atoms with van der Waals surface area (Å²) in [6.07, 6.45) is 2.49. The van der Waals surface area contributed by atoms with Crippen molar-refractivity contribution in [1.29, 1.82) is 0 Å². The largest absolute Gasteiger partial charge is 0.478 e. The molecule has 0 fully saturated rings. The van der Waals surface area contributed by atoms with Gasteiger partial charge in [0.25, 0.3) is 5.91 Å². The number of aromatic carboxylic acids is 1. The van der Waals surface area contributed by atoms with Gasteiger partial charge in [-0.15, -0.1) is 0 Å². The minimum Gasteiger partial charge on any atom is -0.478 e. The normalized spacial score (nSPS) is 10.1. The van der Waals surface area contributed by atoms with Gasteiger partial charge in [0.05, 0.1) is 23.6 Å². The molecule has 0 bridgehead atoms. The van der Waals surface area contributed by atoms with E-state index in [0.717, 1.165) is 0 Å².